The van der Waals surface area contributed by atoms with E-state index in [9.17, 15) is 22.8 Å². The van der Waals surface area contributed by atoms with Crippen molar-refractivity contribution in [1.29, 1.82) is 0 Å². The van der Waals surface area contributed by atoms with E-state index < -0.39 is 23.2 Å². The van der Waals surface area contributed by atoms with Crippen LogP contribution in [0.5, 0.6) is 0 Å². The fraction of sp³-hybridized carbons (Fsp3) is 0.0870. The highest BCUT2D eigenvalue weighted by molar-refractivity contribution is 6.34. The molecular weight excluding hydrogens is 443 g/mol. The van der Waals surface area contributed by atoms with Crippen LogP contribution >= 0.6 is 11.6 Å². The van der Waals surface area contributed by atoms with Crippen molar-refractivity contribution in [1.82, 2.24) is 9.55 Å². The number of amides is 1. The minimum atomic E-state index is -4.69. The molecule has 1 aromatic heterocycles. The van der Waals surface area contributed by atoms with Crippen LogP contribution in [0.2, 0.25) is 5.02 Å². The van der Waals surface area contributed by atoms with E-state index in [2.05, 4.69) is 10.3 Å². The average Bonchev–Trinajstić information content (AvgIpc) is 2.75. The number of fused-ring (bicyclic) bond motifs is 1. The summed E-state index contributed by atoms with van der Waals surface area (Å²) in [5, 5.41) is 2.92. The van der Waals surface area contributed by atoms with Crippen molar-refractivity contribution in [2.45, 2.75) is 13.1 Å². The van der Waals surface area contributed by atoms with Gasteiger partial charge in [-0.15, -0.1) is 0 Å². The van der Waals surface area contributed by atoms with Gasteiger partial charge in [-0.3, -0.25) is 14.2 Å². The third kappa shape index (κ3) is 3.97. The molecule has 0 aliphatic rings. The summed E-state index contributed by atoms with van der Waals surface area (Å²) in [7, 11) is 0. The zero-order valence-electron chi connectivity index (χ0n) is 16.6. The maximum absolute atomic E-state index is 13.3. The van der Waals surface area contributed by atoms with Gasteiger partial charge in [0.1, 0.15) is 5.82 Å². The smallest absolute Gasteiger partial charge is 0.321 e. The van der Waals surface area contributed by atoms with Crippen molar-refractivity contribution in [2.24, 2.45) is 0 Å². The first-order valence-electron chi connectivity index (χ1n) is 9.42. The Balaban J connectivity index is 1.77. The Labute approximate surface area is 185 Å². The van der Waals surface area contributed by atoms with Gasteiger partial charge in [0.2, 0.25) is 0 Å². The molecule has 162 valence electrons. The second-order valence-corrected chi connectivity index (χ2v) is 7.39. The molecule has 0 aliphatic heterocycles. The number of carbonyl (C=O) groups is 1. The fourth-order valence-electron chi connectivity index (χ4n) is 3.41. The van der Waals surface area contributed by atoms with E-state index in [1.807, 2.05) is 0 Å². The highest BCUT2D eigenvalue weighted by Gasteiger charge is 2.35. The summed E-state index contributed by atoms with van der Waals surface area (Å²) in [5.74, 6) is -0.576. The van der Waals surface area contributed by atoms with Gasteiger partial charge in [-0.2, -0.15) is 13.2 Å². The number of para-hydroxylation sites is 1. The molecule has 1 heterocycles. The number of carbonyl (C=O) groups excluding carboxylic acids is 1. The first-order chi connectivity index (χ1) is 15.2. The van der Waals surface area contributed by atoms with Crippen LogP contribution in [-0.4, -0.2) is 15.5 Å². The normalized spacial score (nSPS) is 11.5. The number of hydrogen-bond donors (Lipinski definition) is 1. The third-order valence-electron chi connectivity index (χ3n) is 4.88. The Morgan fingerprint density at radius 3 is 2.47 bits per heavy atom. The molecule has 0 radical (unpaired) electrons. The SMILES string of the molecule is Cc1nc2ccccc2c(=O)n1-c1ccc(Cl)c(NC(=O)c2ccccc2C(F)(F)F)c1. The first-order valence-corrected chi connectivity index (χ1v) is 9.80. The molecule has 1 amide bonds. The maximum Gasteiger partial charge on any atom is 0.417 e. The molecule has 0 bridgehead atoms. The highest BCUT2D eigenvalue weighted by atomic mass is 35.5. The Morgan fingerprint density at radius 2 is 1.72 bits per heavy atom. The molecule has 0 spiro atoms. The number of benzene rings is 3. The summed E-state index contributed by atoms with van der Waals surface area (Å²) < 4.78 is 41.2. The number of aryl methyl sites for hydroxylation is 1. The Kier molecular flexibility index (Phi) is 5.48. The van der Waals surface area contributed by atoms with Crippen LogP contribution < -0.4 is 10.9 Å². The molecule has 0 saturated heterocycles. The van der Waals surface area contributed by atoms with Crippen LogP contribution in [-0.2, 0) is 6.18 Å². The highest BCUT2D eigenvalue weighted by Crippen LogP contribution is 2.33. The van der Waals surface area contributed by atoms with E-state index in [0.29, 0.717) is 22.4 Å². The molecule has 0 saturated carbocycles. The third-order valence-corrected chi connectivity index (χ3v) is 5.21. The maximum atomic E-state index is 13.3. The largest absolute Gasteiger partial charge is 0.417 e. The van der Waals surface area contributed by atoms with Crippen molar-refractivity contribution in [3.63, 3.8) is 0 Å². The number of halogens is 4. The predicted molar refractivity (Wildman–Crippen MR) is 116 cm³/mol. The quantitative estimate of drug-likeness (QED) is 0.434. The van der Waals surface area contributed by atoms with Crippen LogP contribution in [0.3, 0.4) is 0 Å². The van der Waals surface area contributed by atoms with Crippen LogP contribution in [0, 0.1) is 6.92 Å². The summed E-state index contributed by atoms with van der Waals surface area (Å²) in [6, 6.07) is 15.7. The van der Waals surface area contributed by atoms with E-state index in [-0.39, 0.29) is 16.3 Å². The van der Waals surface area contributed by atoms with Gasteiger partial charge in [0.05, 0.1) is 38.4 Å². The van der Waals surface area contributed by atoms with E-state index in [0.717, 1.165) is 12.1 Å². The standard InChI is InChI=1S/C23H15ClF3N3O2/c1-13-28-19-9-5-3-7-16(19)22(32)30(13)14-10-11-18(24)20(12-14)29-21(31)15-6-2-4-8-17(15)23(25,26)27/h2-12H,1H3,(H,29,31). The van der Waals surface area contributed by atoms with Gasteiger partial charge < -0.3 is 5.32 Å². The van der Waals surface area contributed by atoms with Crippen molar-refractivity contribution in [2.75, 3.05) is 5.32 Å². The molecule has 4 aromatic rings. The van der Waals surface area contributed by atoms with Gasteiger partial charge in [0.15, 0.2) is 0 Å². The number of alkyl halides is 3. The Hall–Kier alpha value is -3.65. The fourth-order valence-corrected chi connectivity index (χ4v) is 3.58. The van der Waals surface area contributed by atoms with Crippen molar-refractivity contribution < 1.29 is 18.0 Å². The zero-order valence-corrected chi connectivity index (χ0v) is 17.3. The molecule has 0 fully saturated rings. The summed E-state index contributed by atoms with van der Waals surface area (Å²) in [6.07, 6.45) is -4.69. The zero-order chi connectivity index (χ0) is 23.0. The van der Waals surface area contributed by atoms with Gasteiger partial charge in [0, 0.05) is 0 Å². The second-order valence-electron chi connectivity index (χ2n) is 6.98. The molecule has 9 heteroatoms. The first kappa shape index (κ1) is 21.6. The lowest BCUT2D eigenvalue weighted by Gasteiger charge is -2.15. The predicted octanol–water partition coefficient (Wildman–Crippen LogP) is 5.62. The van der Waals surface area contributed by atoms with Crippen LogP contribution in [0.25, 0.3) is 16.6 Å². The van der Waals surface area contributed by atoms with Gasteiger partial charge in [-0.05, 0) is 49.4 Å². The molecule has 1 N–H and O–H groups in total. The number of anilines is 1. The van der Waals surface area contributed by atoms with E-state index in [4.69, 9.17) is 11.6 Å². The number of aromatic nitrogens is 2. The molecular formula is C23H15ClF3N3O2. The number of nitrogens with one attached hydrogen (secondary N) is 1. The second kappa shape index (κ2) is 8.12. The van der Waals surface area contributed by atoms with Gasteiger partial charge in [-0.25, -0.2) is 4.98 Å². The van der Waals surface area contributed by atoms with Crippen molar-refractivity contribution in [3.05, 3.63) is 99.1 Å². The van der Waals surface area contributed by atoms with Crippen LogP contribution in [0.4, 0.5) is 18.9 Å². The number of hydrogen-bond acceptors (Lipinski definition) is 3. The summed E-state index contributed by atoms with van der Waals surface area (Å²) in [6.45, 7) is 1.65. The van der Waals surface area contributed by atoms with Gasteiger partial charge in [-0.1, -0.05) is 35.9 Å². The van der Waals surface area contributed by atoms with Crippen molar-refractivity contribution in [3.8, 4) is 5.69 Å². The lowest BCUT2D eigenvalue weighted by Crippen LogP contribution is -2.23. The molecule has 4 rings (SSSR count). The molecule has 0 aliphatic carbocycles. The van der Waals surface area contributed by atoms with E-state index in [1.165, 1.54) is 28.8 Å². The number of nitrogens with zero attached hydrogens (tertiary/aromatic N) is 2. The minimum Gasteiger partial charge on any atom is -0.321 e. The van der Waals surface area contributed by atoms with Gasteiger partial charge in [0.25, 0.3) is 11.5 Å². The van der Waals surface area contributed by atoms with Crippen molar-refractivity contribution >= 4 is 34.1 Å². The minimum absolute atomic E-state index is 0.0607. The molecule has 0 atom stereocenters. The van der Waals surface area contributed by atoms with Crippen LogP contribution in [0.15, 0.2) is 71.5 Å². The summed E-state index contributed by atoms with van der Waals surface area (Å²) in [5.41, 5.74) is -0.967. The lowest BCUT2D eigenvalue weighted by atomic mass is 10.1. The lowest BCUT2D eigenvalue weighted by molar-refractivity contribution is -0.137. The molecule has 3 aromatic carbocycles. The Morgan fingerprint density at radius 1 is 1.03 bits per heavy atom. The summed E-state index contributed by atoms with van der Waals surface area (Å²) in [4.78, 5) is 30.1. The van der Waals surface area contributed by atoms with E-state index >= 15 is 0 Å². The summed E-state index contributed by atoms with van der Waals surface area (Å²) >= 11 is 6.18. The molecule has 5 nitrogen and oxygen atoms in total. The topological polar surface area (TPSA) is 64.0 Å². The van der Waals surface area contributed by atoms with E-state index in [1.54, 1.807) is 37.3 Å². The average molecular weight is 458 g/mol. The Bertz CT molecular complexity index is 1410. The number of rotatable bonds is 3. The van der Waals surface area contributed by atoms with Gasteiger partial charge >= 0.3 is 6.18 Å². The molecule has 0 unspecified atom stereocenters. The molecule has 32 heavy (non-hydrogen) atoms. The van der Waals surface area contributed by atoms with Crippen LogP contribution in [0.1, 0.15) is 21.7 Å². The monoisotopic (exact) mass is 457 g/mol.